The topological polar surface area (TPSA) is 92.3 Å². The van der Waals surface area contributed by atoms with E-state index in [1.807, 2.05) is 26.0 Å². The Morgan fingerprint density at radius 1 is 0.667 bits per heavy atom. The molecule has 0 aromatic heterocycles. The average Bonchev–Trinajstić information content (AvgIpc) is 2.90. The van der Waals surface area contributed by atoms with E-state index in [9.17, 15) is 0 Å². The van der Waals surface area contributed by atoms with Crippen molar-refractivity contribution in [1.82, 2.24) is 0 Å². The highest BCUT2D eigenvalue weighted by molar-refractivity contribution is 5.53. The number of aryl methyl sites for hydroxylation is 2. The van der Waals surface area contributed by atoms with Crippen LogP contribution >= 0.6 is 0 Å². The molecule has 1 atom stereocenters. The summed E-state index contributed by atoms with van der Waals surface area (Å²) in [6.45, 7) is 18.5. The molecule has 0 bridgehead atoms. The zero-order chi connectivity index (χ0) is 31.7. The Morgan fingerprint density at radius 2 is 1.22 bits per heavy atom. The van der Waals surface area contributed by atoms with Crippen molar-refractivity contribution in [2.45, 2.75) is 71.0 Å². The number of ether oxygens (including phenoxy) is 8. The number of rotatable bonds is 14. The molecule has 4 aliphatic rings. The maximum absolute atomic E-state index is 6.81. The van der Waals surface area contributed by atoms with Crippen LogP contribution in [0.15, 0.2) is 24.3 Å². The van der Waals surface area contributed by atoms with Gasteiger partial charge >= 0.3 is 0 Å². The molecule has 6 rings (SSSR count). The molecule has 10 nitrogen and oxygen atoms in total. The second-order valence-electron chi connectivity index (χ2n) is 14.2. The van der Waals surface area contributed by atoms with Gasteiger partial charge in [0.05, 0.1) is 46.2 Å². The molecule has 248 valence electrons. The van der Waals surface area contributed by atoms with Gasteiger partial charge in [0.25, 0.3) is 5.79 Å². The Balaban J connectivity index is 1.09. The first-order valence-electron chi connectivity index (χ1n) is 16.0. The largest absolute Gasteiger partial charge is 0.467 e. The van der Waals surface area contributed by atoms with Crippen molar-refractivity contribution in [1.29, 1.82) is 0 Å². The van der Waals surface area contributed by atoms with E-state index >= 15 is 0 Å². The summed E-state index contributed by atoms with van der Waals surface area (Å²) in [5.74, 6) is 3.22. The van der Waals surface area contributed by atoms with Crippen LogP contribution in [0.3, 0.4) is 0 Å². The number of hydrogen-bond acceptors (Lipinski definition) is 10. The maximum atomic E-state index is 6.81. The van der Waals surface area contributed by atoms with Gasteiger partial charge in [0.2, 0.25) is 0 Å². The van der Waals surface area contributed by atoms with Crippen molar-refractivity contribution in [3.05, 3.63) is 46.5 Å². The van der Waals surface area contributed by atoms with Gasteiger partial charge in [-0.25, -0.2) is 0 Å². The van der Waals surface area contributed by atoms with E-state index in [0.29, 0.717) is 56.9 Å². The first-order valence-corrected chi connectivity index (χ1v) is 16.0. The van der Waals surface area contributed by atoms with Crippen LogP contribution in [0.5, 0.6) is 23.0 Å². The zero-order valence-corrected chi connectivity index (χ0v) is 27.5. The fourth-order valence-electron chi connectivity index (χ4n) is 6.58. The molecule has 0 N–H and O–H groups in total. The van der Waals surface area contributed by atoms with Crippen LogP contribution in [-0.2, 0) is 39.4 Å². The number of fused-ring (bicyclic) bond motifs is 2. The van der Waals surface area contributed by atoms with E-state index in [0.717, 1.165) is 65.9 Å². The lowest BCUT2D eigenvalue weighted by Gasteiger charge is -2.51. The quantitative estimate of drug-likeness (QED) is 0.111. The van der Waals surface area contributed by atoms with Crippen molar-refractivity contribution in [3.63, 3.8) is 0 Å². The fraction of sp³-hybridized carbons (Fsp3) is 0.657. The molecule has 2 fully saturated rings. The van der Waals surface area contributed by atoms with Crippen LogP contribution in [0.25, 0.3) is 0 Å². The van der Waals surface area contributed by atoms with Gasteiger partial charge in [-0.05, 0) is 49.2 Å². The predicted octanol–water partition coefficient (Wildman–Crippen LogP) is 5.77. The standard InChI is InChI=1S/C35H48O10/c1-23-9-31-27(11-29(23)41-22-40-21-39-18-26-16-38-17-26)33(3,4)19-35(43-31)20-34(5,6)28-12-30(24(2)10-32(28)44-35)45-42-8-7-36-13-25-14-37-15-25/h9-12,25-26H,7-8,13-22H2,1-6H3. The Morgan fingerprint density at radius 3 is 1.80 bits per heavy atom. The van der Waals surface area contributed by atoms with Crippen LogP contribution in [0.1, 0.15) is 62.8 Å². The maximum Gasteiger partial charge on any atom is 0.252 e. The van der Waals surface area contributed by atoms with Crippen molar-refractivity contribution in [2.24, 2.45) is 11.8 Å². The second kappa shape index (κ2) is 13.3. The Hall–Kier alpha value is -2.60. The van der Waals surface area contributed by atoms with Crippen molar-refractivity contribution >= 4 is 0 Å². The summed E-state index contributed by atoms with van der Waals surface area (Å²) in [6, 6.07) is 8.20. The van der Waals surface area contributed by atoms with E-state index < -0.39 is 5.79 Å². The van der Waals surface area contributed by atoms with Crippen molar-refractivity contribution in [3.8, 4) is 23.0 Å². The van der Waals surface area contributed by atoms with Crippen molar-refractivity contribution < 1.29 is 47.7 Å². The molecular weight excluding hydrogens is 580 g/mol. The molecule has 2 aromatic rings. The van der Waals surface area contributed by atoms with E-state index in [2.05, 4.69) is 39.8 Å². The van der Waals surface area contributed by atoms with Crippen LogP contribution in [-0.4, -0.2) is 72.2 Å². The predicted molar refractivity (Wildman–Crippen MR) is 165 cm³/mol. The highest BCUT2D eigenvalue weighted by Gasteiger charge is 2.53. The summed E-state index contributed by atoms with van der Waals surface area (Å²) >= 11 is 0. The summed E-state index contributed by atoms with van der Waals surface area (Å²) in [7, 11) is 0. The summed E-state index contributed by atoms with van der Waals surface area (Å²) < 4.78 is 46.7. The number of hydrogen-bond donors (Lipinski definition) is 0. The molecular formula is C35H48O10. The molecule has 2 aromatic carbocycles. The van der Waals surface area contributed by atoms with Gasteiger partial charge in [0.1, 0.15) is 23.9 Å². The summed E-state index contributed by atoms with van der Waals surface area (Å²) in [5.41, 5.74) is 3.56. The lowest BCUT2D eigenvalue weighted by atomic mass is 9.69. The van der Waals surface area contributed by atoms with Gasteiger partial charge in [-0.15, -0.1) is 0 Å². The van der Waals surface area contributed by atoms with E-state index in [1.165, 1.54) is 0 Å². The van der Waals surface area contributed by atoms with Crippen LogP contribution < -0.4 is 19.1 Å². The normalized spacial score (nSPS) is 23.2. The average molecular weight is 629 g/mol. The van der Waals surface area contributed by atoms with Gasteiger partial charge < -0.3 is 42.8 Å². The Kier molecular flexibility index (Phi) is 9.53. The molecule has 0 aliphatic carbocycles. The molecule has 10 heteroatoms. The lowest BCUT2D eigenvalue weighted by Crippen LogP contribution is -2.55. The van der Waals surface area contributed by atoms with Crippen molar-refractivity contribution in [2.75, 3.05) is 66.4 Å². The Bertz CT molecular complexity index is 1230. The molecule has 45 heavy (non-hydrogen) atoms. The lowest BCUT2D eigenvalue weighted by molar-refractivity contribution is -0.217. The molecule has 0 amide bonds. The summed E-state index contributed by atoms with van der Waals surface area (Å²) in [4.78, 5) is 11.2. The van der Waals surface area contributed by atoms with Gasteiger partial charge in [-0.2, -0.15) is 4.89 Å². The SMILES string of the molecule is Cc1cc2c(cc1OCOCOCC1COC1)C(C)(C)CC1(CC(C)(C)c3cc(OOCCOCC4COC4)c(C)cc3O1)O2. The van der Waals surface area contributed by atoms with Gasteiger partial charge in [0.15, 0.2) is 19.3 Å². The monoisotopic (exact) mass is 628 g/mol. The first kappa shape index (κ1) is 32.3. The minimum absolute atomic E-state index is 0.111. The second-order valence-corrected chi connectivity index (χ2v) is 14.2. The highest BCUT2D eigenvalue weighted by Crippen LogP contribution is 2.55. The minimum atomic E-state index is -0.818. The summed E-state index contributed by atoms with van der Waals surface area (Å²) in [5, 5.41) is 0. The molecule has 4 heterocycles. The van der Waals surface area contributed by atoms with Crippen LogP contribution in [0, 0.1) is 25.7 Å². The molecule has 1 unspecified atom stereocenters. The molecule has 0 saturated carbocycles. The molecule has 0 radical (unpaired) electrons. The molecule has 1 spiro atoms. The summed E-state index contributed by atoms with van der Waals surface area (Å²) in [6.07, 6.45) is 1.36. The van der Waals surface area contributed by atoms with Gasteiger partial charge in [0, 0.05) is 46.6 Å². The minimum Gasteiger partial charge on any atom is -0.467 e. The van der Waals surface area contributed by atoms with Gasteiger partial charge in [-0.3, -0.25) is 0 Å². The van der Waals surface area contributed by atoms with E-state index in [4.69, 9.17) is 47.7 Å². The third-order valence-corrected chi connectivity index (χ3v) is 9.07. The molecule has 2 saturated heterocycles. The first-order chi connectivity index (χ1) is 21.5. The van der Waals surface area contributed by atoms with E-state index in [1.54, 1.807) is 0 Å². The third-order valence-electron chi connectivity index (χ3n) is 9.07. The number of benzene rings is 2. The van der Waals surface area contributed by atoms with Crippen LogP contribution in [0.4, 0.5) is 0 Å². The zero-order valence-electron chi connectivity index (χ0n) is 27.5. The Labute approximate surface area is 266 Å². The highest BCUT2D eigenvalue weighted by atomic mass is 17.2. The third kappa shape index (κ3) is 7.37. The molecule has 4 aliphatic heterocycles. The van der Waals surface area contributed by atoms with Crippen LogP contribution in [0.2, 0.25) is 0 Å². The smallest absolute Gasteiger partial charge is 0.252 e. The fourth-order valence-corrected chi connectivity index (χ4v) is 6.58. The van der Waals surface area contributed by atoms with E-state index in [-0.39, 0.29) is 24.4 Å². The van der Waals surface area contributed by atoms with Gasteiger partial charge in [-0.1, -0.05) is 27.7 Å².